The molecule has 3 aromatic rings. The highest BCUT2D eigenvalue weighted by molar-refractivity contribution is 7.12. The maximum atomic E-state index is 12.6. The molecule has 2 N–H and O–H groups in total. The van der Waals surface area contributed by atoms with Crippen LogP contribution in [0, 0.1) is 0 Å². The van der Waals surface area contributed by atoms with Gasteiger partial charge in [0.05, 0.1) is 24.3 Å². The average Bonchev–Trinajstić information content (AvgIpc) is 3.22. The maximum Gasteiger partial charge on any atom is 0.325 e. The maximum absolute atomic E-state index is 12.6. The second-order valence-corrected chi connectivity index (χ2v) is 6.29. The molecular formula is C16H12N4O3S. The molecule has 0 unspecified atom stereocenters. The highest BCUT2D eigenvalue weighted by atomic mass is 32.1. The summed E-state index contributed by atoms with van der Waals surface area (Å²) >= 11 is 1.27. The van der Waals surface area contributed by atoms with Crippen molar-refractivity contribution in [2.75, 3.05) is 0 Å². The van der Waals surface area contributed by atoms with Crippen LogP contribution < -0.4 is 11.2 Å². The minimum Gasteiger partial charge on any atom is -0.326 e. The lowest BCUT2D eigenvalue weighted by Crippen LogP contribution is -2.27. The Morgan fingerprint density at radius 2 is 1.92 bits per heavy atom. The molecule has 0 radical (unpaired) electrons. The molecule has 120 valence electrons. The molecule has 0 saturated heterocycles. The van der Waals surface area contributed by atoms with Crippen LogP contribution in [0.1, 0.15) is 21.1 Å². The number of nitrogens with zero attached hydrogens (tertiary/aromatic N) is 2. The Bertz CT molecular complexity index is 1040. The molecule has 0 atom stereocenters. The van der Waals surface area contributed by atoms with Crippen LogP contribution in [-0.4, -0.2) is 25.8 Å². The molecule has 7 nitrogen and oxygen atoms in total. The zero-order valence-electron chi connectivity index (χ0n) is 12.4. The summed E-state index contributed by atoms with van der Waals surface area (Å²) in [6, 6.07) is 9.60. The minimum atomic E-state index is -0.561. The van der Waals surface area contributed by atoms with Crippen molar-refractivity contribution in [3.05, 3.63) is 72.8 Å². The number of nitrogens with one attached hydrogen (secondary N) is 2. The minimum absolute atomic E-state index is 0.167. The molecule has 4 rings (SSSR count). The smallest absolute Gasteiger partial charge is 0.325 e. The number of thiazole rings is 1. The number of amides is 1. The summed E-state index contributed by atoms with van der Waals surface area (Å²) in [5.41, 5.74) is 1.58. The molecule has 24 heavy (non-hydrogen) atoms. The molecule has 0 spiro atoms. The lowest BCUT2D eigenvalue weighted by Gasteiger charge is -2.12. The highest BCUT2D eigenvalue weighted by Gasteiger charge is 2.29. The predicted molar refractivity (Wildman–Crippen MR) is 88.8 cm³/mol. The van der Waals surface area contributed by atoms with Gasteiger partial charge in [0.1, 0.15) is 0 Å². The summed E-state index contributed by atoms with van der Waals surface area (Å²) in [6.07, 6.45) is 0. The van der Waals surface area contributed by atoms with Gasteiger partial charge >= 0.3 is 5.69 Å². The fourth-order valence-electron chi connectivity index (χ4n) is 2.69. The van der Waals surface area contributed by atoms with Crippen LogP contribution >= 0.6 is 11.3 Å². The van der Waals surface area contributed by atoms with Crippen molar-refractivity contribution in [2.45, 2.75) is 13.1 Å². The number of hydrogen-bond acceptors (Lipinski definition) is 5. The first-order valence-electron chi connectivity index (χ1n) is 7.26. The summed E-state index contributed by atoms with van der Waals surface area (Å²) in [5, 5.41) is 2.20. The molecule has 1 aromatic carbocycles. The van der Waals surface area contributed by atoms with Crippen molar-refractivity contribution in [3.8, 4) is 11.3 Å². The number of rotatable bonds is 2. The van der Waals surface area contributed by atoms with Crippen molar-refractivity contribution in [3.63, 3.8) is 0 Å². The van der Waals surface area contributed by atoms with Gasteiger partial charge in [-0.1, -0.05) is 30.3 Å². The van der Waals surface area contributed by atoms with Crippen molar-refractivity contribution < 1.29 is 4.79 Å². The molecule has 3 heterocycles. The zero-order chi connectivity index (χ0) is 16.7. The molecule has 0 saturated carbocycles. The highest BCUT2D eigenvalue weighted by Crippen LogP contribution is 2.25. The van der Waals surface area contributed by atoms with E-state index in [1.54, 1.807) is 0 Å². The molecule has 1 amide bonds. The van der Waals surface area contributed by atoms with Gasteiger partial charge in [0, 0.05) is 16.6 Å². The molecule has 1 aliphatic heterocycles. The third-order valence-electron chi connectivity index (χ3n) is 3.87. The van der Waals surface area contributed by atoms with E-state index in [9.17, 15) is 14.4 Å². The topological polar surface area (TPSA) is 98.9 Å². The largest absolute Gasteiger partial charge is 0.326 e. The van der Waals surface area contributed by atoms with Crippen LogP contribution in [0.2, 0.25) is 0 Å². The Kier molecular flexibility index (Phi) is 3.39. The number of carbonyl (C=O) groups is 1. The van der Waals surface area contributed by atoms with E-state index in [-0.39, 0.29) is 19.0 Å². The number of hydrogen-bond donors (Lipinski definition) is 2. The van der Waals surface area contributed by atoms with Crippen molar-refractivity contribution in [2.24, 2.45) is 0 Å². The van der Waals surface area contributed by atoms with Crippen LogP contribution in [0.3, 0.4) is 0 Å². The van der Waals surface area contributed by atoms with Gasteiger partial charge in [0.2, 0.25) is 0 Å². The Morgan fingerprint density at radius 1 is 1.12 bits per heavy atom. The fraction of sp³-hybridized carbons (Fsp3) is 0.125. The second-order valence-electron chi connectivity index (χ2n) is 5.43. The SMILES string of the molecule is O=C(c1nc(-c2ccccc2)cs1)N1Cc2[nH]c(=O)[nH]c(=O)c2C1. The summed E-state index contributed by atoms with van der Waals surface area (Å²) in [6.45, 7) is 0.369. The normalized spacial score (nSPS) is 13.1. The molecule has 0 fully saturated rings. The van der Waals surface area contributed by atoms with Gasteiger partial charge in [0.25, 0.3) is 11.5 Å². The number of fused-ring (bicyclic) bond motifs is 1. The molecular weight excluding hydrogens is 328 g/mol. The van der Waals surface area contributed by atoms with E-state index in [0.29, 0.717) is 16.3 Å². The first kappa shape index (κ1) is 14.6. The van der Waals surface area contributed by atoms with E-state index in [1.165, 1.54) is 16.2 Å². The molecule has 0 bridgehead atoms. The third-order valence-corrected chi connectivity index (χ3v) is 4.70. The van der Waals surface area contributed by atoms with E-state index < -0.39 is 11.2 Å². The van der Waals surface area contributed by atoms with Gasteiger partial charge in [-0.15, -0.1) is 11.3 Å². The third kappa shape index (κ3) is 2.46. The number of aromatic amines is 2. The molecule has 0 aliphatic carbocycles. The summed E-state index contributed by atoms with van der Waals surface area (Å²) in [5.74, 6) is -0.251. The van der Waals surface area contributed by atoms with Crippen molar-refractivity contribution in [1.29, 1.82) is 0 Å². The standard InChI is InChI=1S/C16H12N4O3S/c21-13-10-6-20(7-11(10)18-16(23)19-13)15(22)14-17-12(8-24-14)9-4-2-1-3-5-9/h1-5,8H,6-7H2,(H2,18,19,21,23). The van der Waals surface area contributed by atoms with Crippen molar-refractivity contribution >= 4 is 17.2 Å². The Balaban J connectivity index is 1.60. The van der Waals surface area contributed by atoms with Crippen LogP contribution in [-0.2, 0) is 13.1 Å². The van der Waals surface area contributed by atoms with Gasteiger partial charge in [-0.2, -0.15) is 0 Å². The molecule has 8 heteroatoms. The lowest BCUT2D eigenvalue weighted by molar-refractivity contribution is 0.0750. The van der Waals surface area contributed by atoms with E-state index in [0.717, 1.165) is 11.3 Å². The summed E-state index contributed by atoms with van der Waals surface area (Å²) in [7, 11) is 0. The number of benzene rings is 1. The van der Waals surface area contributed by atoms with Crippen molar-refractivity contribution in [1.82, 2.24) is 19.9 Å². The molecule has 1 aliphatic rings. The Hall–Kier alpha value is -3.00. The van der Waals surface area contributed by atoms with Crippen LogP contribution in [0.25, 0.3) is 11.3 Å². The van der Waals surface area contributed by atoms with Gasteiger partial charge in [-0.05, 0) is 0 Å². The predicted octanol–water partition coefficient (Wildman–Crippen LogP) is 1.34. The van der Waals surface area contributed by atoms with Gasteiger partial charge in [-0.25, -0.2) is 9.78 Å². The number of H-pyrrole nitrogens is 2. The fourth-order valence-corrected chi connectivity index (χ4v) is 3.48. The Morgan fingerprint density at radius 3 is 2.71 bits per heavy atom. The van der Waals surface area contributed by atoms with E-state index in [1.807, 2.05) is 35.7 Å². The first-order valence-corrected chi connectivity index (χ1v) is 8.14. The summed E-state index contributed by atoms with van der Waals surface area (Å²) in [4.78, 5) is 46.4. The summed E-state index contributed by atoms with van der Waals surface area (Å²) < 4.78 is 0. The van der Waals surface area contributed by atoms with Crippen LogP contribution in [0.15, 0.2) is 45.3 Å². The van der Waals surface area contributed by atoms with E-state index in [4.69, 9.17) is 0 Å². The second kappa shape index (κ2) is 5.57. The number of aromatic nitrogens is 3. The Labute approximate surface area is 139 Å². The van der Waals surface area contributed by atoms with E-state index in [2.05, 4.69) is 15.0 Å². The quantitative estimate of drug-likeness (QED) is 0.735. The first-order chi connectivity index (χ1) is 11.6. The average molecular weight is 340 g/mol. The monoisotopic (exact) mass is 340 g/mol. The van der Waals surface area contributed by atoms with Gasteiger partial charge in [-0.3, -0.25) is 14.6 Å². The zero-order valence-corrected chi connectivity index (χ0v) is 13.2. The van der Waals surface area contributed by atoms with Crippen LogP contribution in [0.5, 0.6) is 0 Å². The number of carbonyl (C=O) groups excluding carboxylic acids is 1. The van der Waals surface area contributed by atoms with Gasteiger partial charge < -0.3 is 9.88 Å². The van der Waals surface area contributed by atoms with Gasteiger partial charge in [0.15, 0.2) is 5.01 Å². The van der Waals surface area contributed by atoms with E-state index >= 15 is 0 Å². The molecule has 2 aromatic heterocycles. The lowest BCUT2D eigenvalue weighted by atomic mass is 10.2. The van der Waals surface area contributed by atoms with Crippen LogP contribution in [0.4, 0.5) is 0 Å².